The molecule has 0 radical (unpaired) electrons. The van der Waals surface area contributed by atoms with Crippen LogP contribution in [0.2, 0.25) is 0 Å². The van der Waals surface area contributed by atoms with E-state index >= 15 is 0 Å². The van der Waals surface area contributed by atoms with Gasteiger partial charge >= 0.3 is 0 Å². The Kier molecular flexibility index (Phi) is 1.69. The largest absolute Gasteiger partial charge is 0.386 e. The molecule has 2 nitrogen and oxygen atoms in total. The van der Waals surface area contributed by atoms with Gasteiger partial charge in [0.2, 0.25) is 0 Å². The fourth-order valence-corrected chi connectivity index (χ4v) is 1.76. The third kappa shape index (κ3) is 0.956. The number of rotatable bonds is 1. The Labute approximate surface area is 73.1 Å². The number of anilines is 1. The molecule has 4 heteroatoms. The molecular weight excluding hydrogens is 175 g/mol. The fraction of sp³-hybridized carbons (Fsp3) is 0.125. The Bertz CT molecular complexity index is 410. The van der Waals surface area contributed by atoms with Crippen molar-refractivity contribution in [3.05, 3.63) is 23.5 Å². The highest BCUT2D eigenvalue weighted by molar-refractivity contribution is 7.16. The zero-order chi connectivity index (χ0) is 8.55. The summed E-state index contributed by atoms with van der Waals surface area (Å²) in [6.07, 6.45) is 0. The highest BCUT2D eigenvalue weighted by Gasteiger charge is 2.07. The van der Waals surface area contributed by atoms with E-state index in [-0.39, 0.29) is 5.82 Å². The van der Waals surface area contributed by atoms with Crippen molar-refractivity contribution in [3.8, 4) is 0 Å². The lowest BCUT2D eigenvalue weighted by molar-refractivity contribution is 0.641. The van der Waals surface area contributed by atoms with E-state index in [1.54, 1.807) is 18.6 Å². The van der Waals surface area contributed by atoms with Gasteiger partial charge in [-0.15, -0.1) is 11.3 Å². The minimum absolute atomic E-state index is 0.267. The van der Waals surface area contributed by atoms with Gasteiger partial charge in [-0.1, -0.05) is 0 Å². The van der Waals surface area contributed by atoms with E-state index in [4.69, 9.17) is 0 Å². The normalized spacial score (nSPS) is 10.5. The van der Waals surface area contributed by atoms with E-state index in [1.165, 1.54) is 11.3 Å². The van der Waals surface area contributed by atoms with Gasteiger partial charge in [-0.3, -0.25) is 0 Å². The third-order valence-corrected chi connectivity index (χ3v) is 2.50. The summed E-state index contributed by atoms with van der Waals surface area (Å²) in [5.41, 5.74) is 2.59. The van der Waals surface area contributed by atoms with Crippen LogP contribution in [0.5, 0.6) is 0 Å². The Morgan fingerprint density at radius 3 is 3.08 bits per heavy atom. The molecule has 12 heavy (non-hydrogen) atoms. The number of benzene rings is 1. The van der Waals surface area contributed by atoms with Crippen LogP contribution >= 0.6 is 11.3 Å². The number of halogens is 1. The summed E-state index contributed by atoms with van der Waals surface area (Å²) in [5.74, 6) is -0.267. The number of hydrogen-bond acceptors (Lipinski definition) is 3. The van der Waals surface area contributed by atoms with E-state index in [9.17, 15) is 4.39 Å². The Morgan fingerprint density at radius 1 is 1.50 bits per heavy atom. The van der Waals surface area contributed by atoms with Crippen LogP contribution in [0.25, 0.3) is 10.2 Å². The quantitative estimate of drug-likeness (QED) is 0.732. The van der Waals surface area contributed by atoms with Crippen molar-refractivity contribution in [2.75, 3.05) is 12.4 Å². The van der Waals surface area contributed by atoms with E-state index in [2.05, 4.69) is 10.3 Å². The van der Waals surface area contributed by atoms with Crippen LogP contribution < -0.4 is 5.32 Å². The number of hydrogen-bond donors (Lipinski definition) is 1. The summed E-state index contributed by atoms with van der Waals surface area (Å²) in [5, 5.41) is 2.77. The topological polar surface area (TPSA) is 24.9 Å². The first-order chi connectivity index (χ1) is 5.83. The van der Waals surface area contributed by atoms with Crippen LogP contribution in [0.1, 0.15) is 0 Å². The molecule has 0 aliphatic rings. The fourth-order valence-electron chi connectivity index (χ4n) is 1.09. The second-order valence-corrected chi connectivity index (χ2v) is 3.26. The SMILES string of the molecule is CNc1ccc2scnc2c1F. The molecule has 0 atom stereocenters. The second-order valence-electron chi connectivity index (χ2n) is 2.38. The van der Waals surface area contributed by atoms with E-state index in [0.29, 0.717) is 11.2 Å². The first-order valence-corrected chi connectivity index (χ1v) is 4.40. The molecule has 0 saturated heterocycles. The van der Waals surface area contributed by atoms with Gasteiger partial charge in [-0.2, -0.15) is 0 Å². The summed E-state index contributed by atoms with van der Waals surface area (Å²) in [4.78, 5) is 3.93. The van der Waals surface area contributed by atoms with E-state index < -0.39 is 0 Å². The number of thiazole rings is 1. The Balaban J connectivity index is 2.78. The molecular formula is C8H7FN2S. The molecule has 0 bridgehead atoms. The lowest BCUT2D eigenvalue weighted by Gasteiger charge is -2.00. The number of nitrogens with one attached hydrogen (secondary N) is 1. The van der Waals surface area contributed by atoms with Gasteiger partial charge in [0.1, 0.15) is 5.52 Å². The highest BCUT2D eigenvalue weighted by atomic mass is 32.1. The summed E-state index contributed by atoms with van der Waals surface area (Å²) < 4.78 is 14.3. The maximum absolute atomic E-state index is 13.4. The molecule has 0 spiro atoms. The van der Waals surface area contributed by atoms with Crippen molar-refractivity contribution in [3.63, 3.8) is 0 Å². The van der Waals surface area contributed by atoms with Crippen LogP contribution in [-0.2, 0) is 0 Å². The molecule has 0 saturated carbocycles. The molecule has 1 N–H and O–H groups in total. The monoisotopic (exact) mass is 182 g/mol. The van der Waals surface area contributed by atoms with Gasteiger partial charge in [-0.05, 0) is 12.1 Å². The number of aromatic nitrogens is 1. The maximum Gasteiger partial charge on any atom is 0.173 e. The predicted molar refractivity (Wildman–Crippen MR) is 49.1 cm³/mol. The van der Waals surface area contributed by atoms with Crippen molar-refractivity contribution < 1.29 is 4.39 Å². The van der Waals surface area contributed by atoms with Crippen LogP contribution in [0.3, 0.4) is 0 Å². The molecule has 1 heterocycles. The average molecular weight is 182 g/mol. The molecule has 0 aliphatic carbocycles. The number of nitrogens with zero attached hydrogens (tertiary/aromatic N) is 1. The van der Waals surface area contributed by atoms with Crippen molar-refractivity contribution in [2.45, 2.75) is 0 Å². The highest BCUT2D eigenvalue weighted by Crippen LogP contribution is 2.25. The first kappa shape index (κ1) is 7.49. The minimum atomic E-state index is -0.267. The van der Waals surface area contributed by atoms with Crippen LogP contribution in [0.15, 0.2) is 17.6 Å². The van der Waals surface area contributed by atoms with Gasteiger partial charge in [0, 0.05) is 7.05 Å². The standard InChI is InChI=1S/C8H7FN2S/c1-10-5-2-3-6-8(7(5)9)11-4-12-6/h2-4,10H,1H3. The Morgan fingerprint density at radius 2 is 2.33 bits per heavy atom. The van der Waals surface area contributed by atoms with E-state index in [1.807, 2.05) is 6.07 Å². The van der Waals surface area contributed by atoms with Crippen LogP contribution in [0.4, 0.5) is 10.1 Å². The lowest BCUT2D eigenvalue weighted by atomic mass is 10.3. The summed E-state index contributed by atoms with van der Waals surface area (Å²) in [7, 11) is 1.69. The first-order valence-electron chi connectivity index (χ1n) is 3.52. The van der Waals surface area contributed by atoms with Gasteiger partial charge in [0.25, 0.3) is 0 Å². The molecule has 0 fully saturated rings. The summed E-state index contributed by atoms with van der Waals surface area (Å²) >= 11 is 1.44. The molecule has 0 aliphatic heterocycles. The average Bonchev–Trinajstić information content (AvgIpc) is 2.53. The van der Waals surface area contributed by atoms with Crippen molar-refractivity contribution in [2.24, 2.45) is 0 Å². The van der Waals surface area contributed by atoms with Gasteiger partial charge in [-0.25, -0.2) is 9.37 Å². The zero-order valence-electron chi connectivity index (χ0n) is 6.47. The molecule has 2 rings (SSSR count). The van der Waals surface area contributed by atoms with Crippen molar-refractivity contribution >= 4 is 27.2 Å². The van der Waals surface area contributed by atoms with Crippen molar-refractivity contribution in [1.29, 1.82) is 0 Å². The van der Waals surface area contributed by atoms with E-state index in [0.717, 1.165) is 4.70 Å². The van der Waals surface area contributed by atoms with Crippen LogP contribution in [0, 0.1) is 5.82 Å². The summed E-state index contributed by atoms with van der Waals surface area (Å²) in [6.45, 7) is 0. The van der Waals surface area contributed by atoms with Gasteiger partial charge < -0.3 is 5.32 Å². The predicted octanol–water partition coefficient (Wildman–Crippen LogP) is 2.48. The molecule has 62 valence electrons. The molecule has 2 aromatic rings. The van der Waals surface area contributed by atoms with Gasteiger partial charge in [0.15, 0.2) is 5.82 Å². The van der Waals surface area contributed by atoms with Crippen molar-refractivity contribution in [1.82, 2.24) is 4.98 Å². The number of fused-ring (bicyclic) bond motifs is 1. The zero-order valence-corrected chi connectivity index (χ0v) is 7.28. The second kappa shape index (κ2) is 2.71. The smallest absolute Gasteiger partial charge is 0.173 e. The Hall–Kier alpha value is -1.16. The van der Waals surface area contributed by atoms with Gasteiger partial charge in [0.05, 0.1) is 15.9 Å². The molecule has 1 aromatic carbocycles. The van der Waals surface area contributed by atoms with Crippen LogP contribution in [-0.4, -0.2) is 12.0 Å². The minimum Gasteiger partial charge on any atom is -0.386 e. The molecule has 0 amide bonds. The lowest BCUT2D eigenvalue weighted by Crippen LogP contribution is -1.92. The molecule has 1 aromatic heterocycles. The maximum atomic E-state index is 13.4. The summed E-state index contributed by atoms with van der Waals surface area (Å²) in [6, 6.07) is 3.58. The molecule has 0 unspecified atom stereocenters. The third-order valence-electron chi connectivity index (χ3n) is 1.71.